The summed E-state index contributed by atoms with van der Waals surface area (Å²) in [5.41, 5.74) is 6.52. The van der Waals surface area contributed by atoms with Gasteiger partial charge in [-0.2, -0.15) is 0 Å². The van der Waals surface area contributed by atoms with Crippen LogP contribution in [0.4, 0.5) is 0 Å². The van der Waals surface area contributed by atoms with E-state index in [2.05, 4.69) is 22.9 Å². The van der Waals surface area contributed by atoms with Gasteiger partial charge in [-0.05, 0) is 61.1 Å². The Hall–Kier alpha value is -0.810. The van der Waals surface area contributed by atoms with Gasteiger partial charge in [-0.1, -0.05) is 0 Å². The van der Waals surface area contributed by atoms with Crippen LogP contribution in [0.15, 0.2) is 16.7 Å². The number of nitrogens with two attached hydrogens (primary N) is 1. The number of aryl methyl sites for hydroxylation is 1. The number of hydrogen-bond acceptors (Lipinski definition) is 2. The molecule has 0 bridgehead atoms. The molecule has 2 unspecified atom stereocenters. The fourth-order valence-electron chi connectivity index (χ4n) is 2.72. The zero-order chi connectivity index (χ0) is 14.0. The number of likely N-dealkylation sites (tertiary alicyclic amines) is 1. The Morgan fingerprint density at radius 2 is 2.26 bits per heavy atom. The molecule has 1 aromatic heterocycles. The number of amides is 1. The molecule has 106 valence electrons. The molecule has 1 aromatic rings. The predicted octanol–water partition coefficient (Wildman–Crippen LogP) is 2.47. The van der Waals surface area contributed by atoms with Crippen LogP contribution in [0.2, 0.25) is 0 Å². The van der Waals surface area contributed by atoms with Gasteiger partial charge < -0.3 is 15.2 Å². The maximum absolute atomic E-state index is 12.7. The number of halogens is 1. The fraction of sp³-hybridized carbons (Fsp3) is 0.643. The summed E-state index contributed by atoms with van der Waals surface area (Å²) < 4.78 is 2.95. The maximum Gasteiger partial charge on any atom is 0.270 e. The highest BCUT2D eigenvalue weighted by molar-refractivity contribution is 9.10. The van der Waals surface area contributed by atoms with Crippen LogP contribution in [0, 0.1) is 5.92 Å². The second-order valence-corrected chi connectivity index (χ2v) is 6.23. The topological polar surface area (TPSA) is 51.3 Å². The van der Waals surface area contributed by atoms with Crippen LogP contribution in [0.5, 0.6) is 0 Å². The summed E-state index contributed by atoms with van der Waals surface area (Å²) in [6, 6.07) is 2.21. The molecule has 2 atom stereocenters. The van der Waals surface area contributed by atoms with Crippen molar-refractivity contribution in [1.29, 1.82) is 0 Å². The summed E-state index contributed by atoms with van der Waals surface area (Å²) in [7, 11) is 0. The van der Waals surface area contributed by atoms with Crippen molar-refractivity contribution in [2.24, 2.45) is 11.7 Å². The molecular weight excluding hydrogens is 306 g/mol. The van der Waals surface area contributed by atoms with Crippen molar-refractivity contribution in [2.75, 3.05) is 13.1 Å². The Labute approximate surface area is 123 Å². The van der Waals surface area contributed by atoms with Gasteiger partial charge in [-0.25, -0.2) is 0 Å². The molecule has 0 saturated carbocycles. The van der Waals surface area contributed by atoms with E-state index in [-0.39, 0.29) is 5.91 Å². The van der Waals surface area contributed by atoms with Crippen molar-refractivity contribution in [1.82, 2.24) is 9.47 Å². The van der Waals surface area contributed by atoms with Crippen LogP contribution in [0.3, 0.4) is 0 Å². The van der Waals surface area contributed by atoms with Crippen molar-refractivity contribution < 1.29 is 4.79 Å². The van der Waals surface area contributed by atoms with Gasteiger partial charge in [0.25, 0.3) is 5.91 Å². The quantitative estimate of drug-likeness (QED) is 0.927. The van der Waals surface area contributed by atoms with E-state index in [1.807, 2.05) is 28.7 Å². The van der Waals surface area contributed by atoms with E-state index in [9.17, 15) is 4.79 Å². The van der Waals surface area contributed by atoms with Crippen molar-refractivity contribution in [3.05, 3.63) is 22.4 Å². The van der Waals surface area contributed by atoms with Crippen LogP contribution < -0.4 is 5.73 Å². The van der Waals surface area contributed by atoms with Gasteiger partial charge in [0, 0.05) is 29.8 Å². The molecule has 1 amide bonds. The summed E-state index contributed by atoms with van der Waals surface area (Å²) in [5, 5.41) is 0. The number of rotatable bonds is 3. The Balaban J connectivity index is 2.21. The molecule has 0 radical (unpaired) electrons. The minimum Gasteiger partial charge on any atom is -0.343 e. The number of carbonyl (C=O) groups is 1. The van der Waals surface area contributed by atoms with Gasteiger partial charge in [-0.15, -0.1) is 0 Å². The molecule has 1 aliphatic heterocycles. The smallest absolute Gasteiger partial charge is 0.270 e. The molecule has 2 N–H and O–H groups in total. The number of piperidine rings is 1. The largest absolute Gasteiger partial charge is 0.343 e. The summed E-state index contributed by atoms with van der Waals surface area (Å²) in [6.45, 7) is 6.41. The van der Waals surface area contributed by atoms with Gasteiger partial charge >= 0.3 is 0 Å². The third-order valence-corrected chi connectivity index (χ3v) is 4.43. The highest BCUT2D eigenvalue weighted by Crippen LogP contribution is 2.24. The van der Waals surface area contributed by atoms with Crippen molar-refractivity contribution in [2.45, 2.75) is 39.3 Å². The monoisotopic (exact) mass is 327 g/mol. The Morgan fingerprint density at radius 1 is 1.53 bits per heavy atom. The van der Waals surface area contributed by atoms with Crippen LogP contribution in [0.1, 0.15) is 37.2 Å². The molecule has 0 aliphatic carbocycles. The lowest BCUT2D eigenvalue weighted by atomic mass is 9.93. The third-order valence-electron chi connectivity index (χ3n) is 4.00. The first kappa shape index (κ1) is 14.6. The summed E-state index contributed by atoms with van der Waals surface area (Å²) in [5.74, 6) is 0.562. The van der Waals surface area contributed by atoms with Crippen LogP contribution >= 0.6 is 15.9 Å². The second-order valence-electron chi connectivity index (χ2n) is 5.32. The zero-order valence-electron chi connectivity index (χ0n) is 11.6. The molecule has 2 rings (SSSR count). The van der Waals surface area contributed by atoms with Gasteiger partial charge in [0.05, 0.1) is 0 Å². The van der Waals surface area contributed by atoms with E-state index in [4.69, 9.17) is 5.73 Å². The molecular formula is C14H22BrN3O. The van der Waals surface area contributed by atoms with Gasteiger partial charge in [0.1, 0.15) is 5.69 Å². The molecule has 1 fully saturated rings. The van der Waals surface area contributed by atoms with E-state index in [0.29, 0.717) is 18.5 Å². The number of nitrogens with zero attached hydrogens (tertiary/aromatic N) is 2. The molecule has 1 aliphatic rings. The second kappa shape index (κ2) is 6.09. The Morgan fingerprint density at radius 3 is 2.89 bits per heavy atom. The average Bonchev–Trinajstić information content (AvgIpc) is 2.79. The first-order chi connectivity index (χ1) is 9.06. The lowest BCUT2D eigenvalue weighted by Gasteiger charge is -2.37. The Bertz CT molecular complexity index is 458. The van der Waals surface area contributed by atoms with E-state index < -0.39 is 0 Å². The molecule has 0 spiro atoms. The molecule has 4 nitrogen and oxygen atoms in total. The summed E-state index contributed by atoms with van der Waals surface area (Å²) >= 11 is 3.45. The van der Waals surface area contributed by atoms with Crippen molar-refractivity contribution in [3.63, 3.8) is 0 Å². The van der Waals surface area contributed by atoms with E-state index in [1.54, 1.807) is 0 Å². The van der Waals surface area contributed by atoms with E-state index >= 15 is 0 Å². The minimum absolute atomic E-state index is 0.123. The number of carbonyl (C=O) groups excluding carboxylic acids is 1. The highest BCUT2D eigenvalue weighted by atomic mass is 79.9. The standard InChI is InChI=1S/C14H22BrN3O/c1-3-17-9-12(15)6-13(17)14(19)18-8-11(7-16)5-4-10(18)2/h6,9-11H,3-5,7-8,16H2,1-2H3. The van der Waals surface area contributed by atoms with Gasteiger partial charge in [0.15, 0.2) is 0 Å². The SMILES string of the molecule is CCn1cc(Br)cc1C(=O)N1CC(CN)CCC1C. The van der Waals surface area contributed by atoms with Gasteiger partial charge in [-0.3, -0.25) is 4.79 Å². The number of hydrogen-bond donors (Lipinski definition) is 1. The predicted molar refractivity (Wildman–Crippen MR) is 80.1 cm³/mol. The molecule has 2 heterocycles. The van der Waals surface area contributed by atoms with E-state index in [0.717, 1.165) is 36.1 Å². The van der Waals surface area contributed by atoms with Crippen molar-refractivity contribution >= 4 is 21.8 Å². The van der Waals surface area contributed by atoms with Crippen LogP contribution in [-0.4, -0.2) is 34.5 Å². The van der Waals surface area contributed by atoms with Gasteiger partial charge in [0.2, 0.25) is 0 Å². The highest BCUT2D eigenvalue weighted by Gasteiger charge is 2.30. The maximum atomic E-state index is 12.7. The lowest BCUT2D eigenvalue weighted by molar-refractivity contribution is 0.0556. The van der Waals surface area contributed by atoms with E-state index in [1.165, 1.54) is 0 Å². The molecule has 0 aromatic carbocycles. The first-order valence-electron chi connectivity index (χ1n) is 6.93. The minimum atomic E-state index is 0.123. The zero-order valence-corrected chi connectivity index (χ0v) is 13.2. The first-order valence-corrected chi connectivity index (χ1v) is 7.72. The molecule has 5 heteroatoms. The Kier molecular flexibility index (Phi) is 4.68. The molecule has 1 saturated heterocycles. The van der Waals surface area contributed by atoms with Crippen LogP contribution in [-0.2, 0) is 6.54 Å². The molecule has 19 heavy (non-hydrogen) atoms. The lowest BCUT2D eigenvalue weighted by Crippen LogP contribution is -2.47. The van der Waals surface area contributed by atoms with Crippen molar-refractivity contribution in [3.8, 4) is 0 Å². The van der Waals surface area contributed by atoms with Crippen LogP contribution in [0.25, 0.3) is 0 Å². The normalized spacial score (nSPS) is 23.7. The fourth-order valence-corrected chi connectivity index (χ4v) is 3.18. The third kappa shape index (κ3) is 3.03. The average molecular weight is 328 g/mol. The summed E-state index contributed by atoms with van der Waals surface area (Å²) in [6.07, 6.45) is 4.13. The number of aromatic nitrogens is 1. The summed E-state index contributed by atoms with van der Waals surface area (Å²) in [4.78, 5) is 14.7.